The van der Waals surface area contributed by atoms with Gasteiger partial charge in [-0.3, -0.25) is 4.79 Å². The summed E-state index contributed by atoms with van der Waals surface area (Å²) in [6.45, 7) is 1.32. The quantitative estimate of drug-likeness (QED) is 0.904. The summed E-state index contributed by atoms with van der Waals surface area (Å²) in [5.74, 6) is 0.839. The predicted molar refractivity (Wildman–Crippen MR) is 76.0 cm³/mol. The average Bonchev–Trinajstić information content (AvgIpc) is 2.95. The zero-order chi connectivity index (χ0) is 13.2. The molecular formula is C14H21N3OS. The Kier molecular flexibility index (Phi) is 3.84. The number of piperidine rings is 1. The standard InChI is InChI=1S/C14H21N3OS/c15-8-13-16-11(9-19-13)14(18)17-7-3-5-10-4-1-2-6-12(10)17/h9-10,12H,1-8,15H2/t10-,12-/m1/s1. The molecule has 2 fully saturated rings. The number of hydrogen-bond acceptors (Lipinski definition) is 4. The van der Waals surface area contributed by atoms with E-state index in [1.165, 1.54) is 43.4 Å². The Hall–Kier alpha value is -0.940. The number of hydrogen-bond donors (Lipinski definition) is 1. The molecule has 1 amide bonds. The van der Waals surface area contributed by atoms with Gasteiger partial charge in [-0.25, -0.2) is 4.98 Å². The smallest absolute Gasteiger partial charge is 0.273 e. The van der Waals surface area contributed by atoms with Crippen LogP contribution in [0, 0.1) is 5.92 Å². The van der Waals surface area contributed by atoms with E-state index in [-0.39, 0.29) is 5.91 Å². The highest BCUT2D eigenvalue weighted by Crippen LogP contribution is 2.35. The first-order valence-electron chi connectivity index (χ1n) is 7.25. The van der Waals surface area contributed by atoms with Crippen molar-refractivity contribution in [2.75, 3.05) is 6.54 Å². The Morgan fingerprint density at radius 2 is 2.16 bits per heavy atom. The van der Waals surface area contributed by atoms with E-state index in [0.29, 0.717) is 18.3 Å². The summed E-state index contributed by atoms with van der Waals surface area (Å²) < 4.78 is 0. The van der Waals surface area contributed by atoms with Crippen molar-refractivity contribution in [2.24, 2.45) is 11.7 Å². The molecule has 19 heavy (non-hydrogen) atoms. The van der Waals surface area contributed by atoms with E-state index < -0.39 is 0 Å². The summed E-state index contributed by atoms with van der Waals surface area (Å²) in [5.41, 5.74) is 6.17. The minimum Gasteiger partial charge on any atom is -0.334 e. The number of rotatable bonds is 2. The monoisotopic (exact) mass is 279 g/mol. The highest BCUT2D eigenvalue weighted by Gasteiger charge is 2.36. The molecule has 1 aliphatic carbocycles. The lowest BCUT2D eigenvalue weighted by atomic mass is 9.78. The molecule has 3 rings (SSSR count). The van der Waals surface area contributed by atoms with Crippen LogP contribution in [0.5, 0.6) is 0 Å². The van der Waals surface area contributed by atoms with Gasteiger partial charge in [0.1, 0.15) is 10.7 Å². The lowest BCUT2D eigenvalue weighted by molar-refractivity contribution is 0.0386. The van der Waals surface area contributed by atoms with Crippen LogP contribution in [0.2, 0.25) is 0 Å². The van der Waals surface area contributed by atoms with E-state index in [0.717, 1.165) is 23.9 Å². The average molecular weight is 279 g/mol. The molecule has 0 unspecified atom stereocenters. The first kappa shape index (κ1) is 13.1. The Morgan fingerprint density at radius 1 is 1.37 bits per heavy atom. The minimum absolute atomic E-state index is 0.118. The van der Waals surface area contributed by atoms with E-state index in [1.54, 1.807) is 0 Å². The summed E-state index contributed by atoms with van der Waals surface area (Å²) in [6.07, 6.45) is 7.48. The number of likely N-dealkylation sites (tertiary alicyclic amines) is 1. The van der Waals surface area contributed by atoms with E-state index in [2.05, 4.69) is 9.88 Å². The third-order valence-electron chi connectivity index (χ3n) is 4.45. The van der Waals surface area contributed by atoms with Gasteiger partial charge in [0.2, 0.25) is 0 Å². The second kappa shape index (κ2) is 5.59. The summed E-state index contributed by atoms with van der Waals surface area (Å²) in [6, 6.07) is 0.457. The molecule has 1 aliphatic heterocycles. The maximum absolute atomic E-state index is 12.6. The molecule has 2 N–H and O–H groups in total. The van der Waals surface area contributed by atoms with Crippen molar-refractivity contribution >= 4 is 17.2 Å². The third kappa shape index (κ3) is 2.54. The van der Waals surface area contributed by atoms with E-state index in [4.69, 9.17) is 5.73 Å². The molecule has 104 valence electrons. The fourth-order valence-electron chi connectivity index (χ4n) is 3.53. The van der Waals surface area contributed by atoms with Gasteiger partial charge in [0, 0.05) is 24.5 Å². The van der Waals surface area contributed by atoms with Crippen molar-refractivity contribution < 1.29 is 4.79 Å². The normalized spacial score (nSPS) is 27.1. The van der Waals surface area contributed by atoms with Crippen molar-refractivity contribution in [3.63, 3.8) is 0 Å². The van der Waals surface area contributed by atoms with Crippen LogP contribution in [-0.4, -0.2) is 28.4 Å². The molecule has 0 radical (unpaired) electrons. The number of carbonyl (C=O) groups is 1. The van der Waals surface area contributed by atoms with Gasteiger partial charge in [-0.2, -0.15) is 0 Å². The van der Waals surface area contributed by atoms with E-state index in [9.17, 15) is 4.79 Å². The van der Waals surface area contributed by atoms with Crippen molar-refractivity contribution in [2.45, 2.75) is 51.1 Å². The molecule has 2 aliphatic rings. The molecule has 0 spiro atoms. The van der Waals surface area contributed by atoms with Gasteiger partial charge < -0.3 is 10.6 Å². The molecular weight excluding hydrogens is 258 g/mol. The van der Waals surface area contributed by atoms with Crippen LogP contribution in [0.1, 0.15) is 54.0 Å². The maximum atomic E-state index is 12.6. The minimum atomic E-state index is 0.118. The van der Waals surface area contributed by atoms with Crippen molar-refractivity contribution in [3.05, 3.63) is 16.1 Å². The van der Waals surface area contributed by atoms with Gasteiger partial charge in [-0.1, -0.05) is 12.8 Å². The molecule has 4 nitrogen and oxygen atoms in total. The Bertz CT molecular complexity index is 457. The molecule has 1 aromatic heterocycles. The molecule has 5 heteroatoms. The van der Waals surface area contributed by atoms with Gasteiger partial charge in [-0.15, -0.1) is 11.3 Å². The van der Waals surface area contributed by atoms with Crippen molar-refractivity contribution in [1.82, 2.24) is 9.88 Å². The number of carbonyl (C=O) groups excluding carboxylic acids is 1. The molecule has 0 aromatic carbocycles. The van der Waals surface area contributed by atoms with Crippen LogP contribution >= 0.6 is 11.3 Å². The second-order valence-corrected chi connectivity index (χ2v) is 6.53. The molecule has 1 saturated heterocycles. The highest BCUT2D eigenvalue weighted by molar-refractivity contribution is 7.09. The SMILES string of the molecule is NCc1nc(C(=O)N2CCC[C@H]3CCCC[C@H]32)cs1. The number of amides is 1. The zero-order valence-corrected chi connectivity index (χ0v) is 12.0. The lowest BCUT2D eigenvalue weighted by Gasteiger charge is -2.43. The Balaban J connectivity index is 1.77. The summed E-state index contributed by atoms with van der Waals surface area (Å²) in [7, 11) is 0. The number of thiazole rings is 1. The number of aromatic nitrogens is 1. The maximum Gasteiger partial charge on any atom is 0.273 e. The summed E-state index contributed by atoms with van der Waals surface area (Å²) in [4.78, 5) is 19.0. The van der Waals surface area contributed by atoms with Crippen LogP contribution in [0.15, 0.2) is 5.38 Å². The van der Waals surface area contributed by atoms with Crippen LogP contribution in [0.25, 0.3) is 0 Å². The molecule has 2 atom stereocenters. The van der Waals surface area contributed by atoms with Gasteiger partial charge in [-0.05, 0) is 31.6 Å². The molecule has 1 saturated carbocycles. The van der Waals surface area contributed by atoms with Crippen LogP contribution in [0.3, 0.4) is 0 Å². The first-order valence-corrected chi connectivity index (χ1v) is 8.13. The third-order valence-corrected chi connectivity index (χ3v) is 5.32. The van der Waals surface area contributed by atoms with Crippen LogP contribution in [-0.2, 0) is 6.54 Å². The van der Waals surface area contributed by atoms with Gasteiger partial charge in [0.05, 0.1) is 0 Å². The summed E-state index contributed by atoms with van der Waals surface area (Å²) in [5, 5.41) is 2.71. The second-order valence-electron chi connectivity index (χ2n) is 5.58. The lowest BCUT2D eigenvalue weighted by Crippen LogP contribution is -2.49. The van der Waals surface area contributed by atoms with Crippen molar-refractivity contribution in [3.8, 4) is 0 Å². The number of nitrogens with zero attached hydrogens (tertiary/aromatic N) is 2. The Morgan fingerprint density at radius 3 is 2.95 bits per heavy atom. The zero-order valence-electron chi connectivity index (χ0n) is 11.2. The predicted octanol–water partition coefficient (Wildman–Crippen LogP) is 2.40. The fraction of sp³-hybridized carbons (Fsp3) is 0.714. The van der Waals surface area contributed by atoms with E-state index >= 15 is 0 Å². The van der Waals surface area contributed by atoms with Crippen LogP contribution in [0.4, 0.5) is 0 Å². The van der Waals surface area contributed by atoms with Gasteiger partial charge in [0.25, 0.3) is 5.91 Å². The number of nitrogens with two attached hydrogens (primary N) is 1. The molecule has 2 heterocycles. The topological polar surface area (TPSA) is 59.2 Å². The Labute approximate surface area is 118 Å². The number of fused-ring (bicyclic) bond motifs is 1. The fourth-order valence-corrected chi connectivity index (χ4v) is 4.18. The largest absolute Gasteiger partial charge is 0.334 e. The summed E-state index contributed by atoms with van der Waals surface area (Å²) >= 11 is 1.49. The first-order chi connectivity index (χ1) is 9.29. The van der Waals surface area contributed by atoms with Gasteiger partial charge >= 0.3 is 0 Å². The van der Waals surface area contributed by atoms with Crippen LogP contribution < -0.4 is 5.73 Å². The van der Waals surface area contributed by atoms with Gasteiger partial charge in [0.15, 0.2) is 0 Å². The molecule has 0 bridgehead atoms. The van der Waals surface area contributed by atoms with E-state index in [1.807, 2.05) is 5.38 Å². The highest BCUT2D eigenvalue weighted by atomic mass is 32.1. The van der Waals surface area contributed by atoms with Crippen molar-refractivity contribution in [1.29, 1.82) is 0 Å². The molecule has 1 aromatic rings.